The first-order chi connectivity index (χ1) is 10.9. The van der Waals surface area contributed by atoms with Crippen LogP contribution in [0.3, 0.4) is 0 Å². The lowest BCUT2D eigenvalue weighted by molar-refractivity contribution is 0.181. The van der Waals surface area contributed by atoms with Gasteiger partial charge in [0.25, 0.3) is 10.0 Å². The van der Waals surface area contributed by atoms with E-state index in [0.29, 0.717) is 30.2 Å². The lowest BCUT2D eigenvalue weighted by atomic mass is 10.2. The minimum atomic E-state index is -3.79. The molecule has 9 heteroatoms. The summed E-state index contributed by atoms with van der Waals surface area (Å²) < 4.78 is 37.0. The molecule has 1 fully saturated rings. The average molecular weight is 337 g/mol. The van der Waals surface area contributed by atoms with E-state index < -0.39 is 16.1 Å². The molecule has 1 saturated heterocycles. The number of cyclic esters (lactones) is 1. The van der Waals surface area contributed by atoms with Crippen LogP contribution in [0.1, 0.15) is 11.5 Å². The van der Waals surface area contributed by atoms with Crippen molar-refractivity contribution in [1.29, 1.82) is 0 Å². The SMILES string of the molecule is Cc1noc(C)c1S(=O)(=O)Nc1ccc(N2CCOC2=O)cc1. The number of amides is 1. The molecule has 1 aromatic carbocycles. The molecule has 1 aliphatic heterocycles. The lowest BCUT2D eigenvalue weighted by Crippen LogP contribution is -2.23. The van der Waals surface area contributed by atoms with E-state index in [2.05, 4.69) is 9.88 Å². The summed E-state index contributed by atoms with van der Waals surface area (Å²) >= 11 is 0. The van der Waals surface area contributed by atoms with E-state index in [4.69, 9.17) is 9.26 Å². The second-order valence-corrected chi connectivity index (χ2v) is 6.69. The van der Waals surface area contributed by atoms with E-state index >= 15 is 0 Å². The molecule has 0 saturated carbocycles. The highest BCUT2D eigenvalue weighted by molar-refractivity contribution is 7.92. The zero-order valence-corrected chi connectivity index (χ0v) is 13.4. The van der Waals surface area contributed by atoms with E-state index in [9.17, 15) is 13.2 Å². The first kappa shape index (κ1) is 15.3. The smallest absolute Gasteiger partial charge is 0.414 e. The highest BCUT2D eigenvalue weighted by Gasteiger charge is 2.25. The zero-order chi connectivity index (χ0) is 16.6. The van der Waals surface area contributed by atoms with Crippen molar-refractivity contribution in [2.45, 2.75) is 18.7 Å². The molecule has 0 radical (unpaired) electrons. The molecular formula is C14H15N3O5S. The number of nitrogens with zero attached hydrogens (tertiary/aromatic N) is 2. The Morgan fingerprint density at radius 2 is 1.91 bits per heavy atom. The van der Waals surface area contributed by atoms with E-state index in [1.165, 1.54) is 11.8 Å². The van der Waals surface area contributed by atoms with Crippen molar-refractivity contribution in [2.24, 2.45) is 0 Å². The van der Waals surface area contributed by atoms with Crippen molar-refractivity contribution in [3.05, 3.63) is 35.7 Å². The summed E-state index contributed by atoms with van der Waals surface area (Å²) in [5.74, 6) is 0.228. The van der Waals surface area contributed by atoms with Crippen LogP contribution in [0.5, 0.6) is 0 Å². The van der Waals surface area contributed by atoms with Crippen LogP contribution in [0.4, 0.5) is 16.2 Å². The van der Waals surface area contributed by atoms with Crippen LogP contribution < -0.4 is 9.62 Å². The number of hydrogen-bond donors (Lipinski definition) is 1. The highest BCUT2D eigenvalue weighted by atomic mass is 32.2. The van der Waals surface area contributed by atoms with Crippen molar-refractivity contribution in [2.75, 3.05) is 22.8 Å². The molecule has 1 N–H and O–H groups in total. The number of rotatable bonds is 4. The third kappa shape index (κ3) is 2.87. The van der Waals surface area contributed by atoms with Gasteiger partial charge in [0.2, 0.25) is 0 Å². The summed E-state index contributed by atoms with van der Waals surface area (Å²) in [6, 6.07) is 6.46. The molecule has 122 valence electrons. The summed E-state index contributed by atoms with van der Waals surface area (Å²) in [5, 5.41) is 3.65. The Morgan fingerprint density at radius 3 is 2.43 bits per heavy atom. The van der Waals surface area contributed by atoms with Gasteiger partial charge in [-0.3, -0.25) is 9.62 Å². The summed E-state index contributed by atoms with van der Waals surface area (Å²) in [6.45, 7) is 3.92. The molecule has 2 aromatic rings. The van der Waals surface area contributed by atoms with Gasteiger partial charge in [0, 0.05) is 11.4 Å². The van der Waals surface area contributed by atoms with Gasteiger partial charge in [0.15, 0.2) is 10.7 Å². The van der Waals surface area contributed by atoms with Crippen LogP contribution in [-0.4, -0.2) is 32.8 Å². The van der Waals surface area contributed by atoms with Crippen LogP contribution in [0.15, 0.2) is 33.7 Å². The number of nitrogens with one attached hydrogen (secondary N) is 1. The van der Waals surface area contributed by atoms with Crippen molar-refractivity contribution >= 4 is 27.5 Å². The molecule has 0 atom stereocenters. The highest BCUT2D eigenvalue weighted by Crippen LogP contribution is 2.25. The molecule has 8 nitrogen and oxygen atoms in total. The third-order valence-corrected chi connectivity index (χ3v) is 5.05. The number of benzene rings is 1. The van der Waals surface area contributed by atoms with Gasteiger partial charge >= 0.3 is 6.09 Å². The zero-order valence-electron chi connectivity index (χ0n) is 12.6. The second-order valence-electron chi connectivity index (χ2n) is 5.07. The number of carbonyl (C=O) groups is 1. The van der Waals surface area contributed by atoms with Gasteiger partial charge in [0.05, 0.1) is 6.54 Å². The molecule has 0 aliphatic carbocycles. The van der Waals surface area contributed by atoms with Gasteiger partial charge in [-0.2, -0.15) is 0 Å². The molecule has 2 heterocycles. The molecule has 1 amide bonds. The van der Waals surface area contributed by atoms with Crippen LogP contribution in [0.2, 0.25) is 0 Å². The maximum atomic E-state index is 12.4. The molecule has 0 bridgehead atoms. The number of aromatic nitrogens is 1. The van der Waals surface area contributed by atoms with Gasteiger partial charge in [-0.1, -0.05) is 5.16 Å². The Bertz CT molecular complexity index is 822. The Balaban J connectivity index is 1.82. The lowest BCUT2D eigenvalue weighted by Gasteiger charge is -2.13. The maximum Gasteiger partial charge on any atom is 0.414 e. The number of sulfonamides is 1. The van der Waals surface area contributed by atoms with Crippen LogP contribution in [0.25, 0.3) is 0 Å². The van der Waals surface area contributed by atoms with Crippen LogP contribution in [-0.2, 0) is 14.8 Å². The standard InChI is InChI=1S/C14H15N3O5S/c1-9-13(10(2)22-15-9)23(19,20)16-11-3-5-12(6-4-11)17-7-8-21-14(17)18/h3-6,16H,7-8H2,1-2H3. The van der Waals surface area contributed by atoms with E-state index in [1.54, 1.807) is 31.2 Å². The summed E-state index contributed by atoms with van der Waals surface area (Å²) in [4.78, 5) is 13.0. The molecule has 3 rings (SSSR count). The normalized spacial score (nSPS) is 14.9. The third-order valence-electron chi connectivity index (χ3n) is 3.43. The van der Waals surface area contributed by atoms with Gasteiger partial charge < -0.3 is 9.26 Å². The van der Waals surface area contributed by atoms with Crippen molar-refractivity contribution < 1.29 is 22.5 Å². The fourth-order valence-corrected chi connectivity index (χ4v) is 3.79. The summed E-state index contributed by atoms with van der Waals surface area (Å²) in [5.41, 5.74) is 1.32. The fraction of sp³-hybridized carbons (Fsp3) is 0.286. The minimum Gasteiger partial charge on any atom is -0.447 e. The van der Waals surface area contributed by atoms with Crippen molar-refractivity contribution in [1.82, 2.24) is 5.16 Å². The Morgan fingerprint density at radius 1 is 1.22 bits per heavy atom. The molecular weight excluding hydrogens is 322 g/mol. The topological polar surface area (TPSA) is 102 Å². The molecule has 23 heavy (non-hydrogen) atoms. The maximum absolute atomic E-state index is 12.4. The predicted octanol–water partition coefficient (Wildman–Crippen LogP) is 2.05. The Labute approximate surface area is 133 Å². The number of aryl methyl sites for hydroxylation is 2. The Kier molecular flexibility index (Phi) is 3.72. The van der Waals surface area contributed by atoms with Crippen molar-refractivity contribution in [3.8, 4) is 0 Å². The van der Waals surface area contributed by atoms with Crippen LogP contribution >= 0.6 is 0 Å². The van der Waals surface area contributed by atoms with Gasteiger partial charge in [-0.05, 0) is 38.1 Å². The largest absolute Gasteiger partial charge is 0.447 e. The van der Waals surface area contributed by atoms with Gasteiger partial charge in [-0.25, -0.2) is 13.2 Å². The second kappa shape index (κ2) is 5.58. The average Bonchev–Trinajstić information content (AvgIpc) is 3.05. The van der Waals surface area contributed by atoms with E-state index in [-0.39, 0.29) is 10.7 Å². The van der Waals surface area contributed by atoms with Crippen LogP contribution in [0, 0.1) is 13.8 Å². The fourth-order valence-electron chi connectivity index (χ4n) is 2.40. The molecule has 0 spiro atoms. The summed E-state index contributed by atoms with van der Waals surface area (Å²) in [6.07, 6.45) is -0.408. The predicted molar refractivity (Wildman–Crippen MR) is 81.9 cm³/mol. The van der Waals surface area contributed by atoms with E-state index in [1.807, 2.05) is 0 Å². The first-order valence-electron chi connectivity index (χ1n) is 6.88. The van der Waals surface area contributed by atoms with Gasteiger partial charge in [0.1, 0.15) is 12.3 Å². The quantitative estimate of drug-likeness (QED) is 0.916. The van der Waals surface area contributed by atoms with E-state index in [0.717, 1.165) is 0 Å². The number of anilines is 2. The number of hydrogen-bond acceptors (Lipinski definition) is 6. The number of ether oxygens (including phenoxy) is 1. The minimum absolute atomic E-state index is 0.0321. The molecule has 1 aromatic heterocycles. The molecule has 0 unspecified atom stereocenters. The number of carbonyl (C=O) groups excluding carboxylic acids is 1. The molecule has 1 aliphatic rings. The summed E-state index contributed by atoms with van der Waals surface area (Å²) in [7, 11) is -3.79. The first-order valence-corrected chi connectivity index (χ1v) is 8.37. The van der Waals surface area contributed by atoms with Gasteiger partial charge in [-0.15, -0.1) is 0 Å². The van der Waals surface area contributed by atoms with Crippen molar-refractivity contribution in [3.63, 3.8) is 0 Å². The monoisotopic (exact) mass is 337 g/mol. The Hall–Kier alpha value is -2.55.